The number of halogens is 1. The minimum atomic E-state index is -3.32. The molecule has 0 fully saturated rings. The van der Waals surface area contributed by atoms with Crippen molar-refractivity contribution < 1.29 is 17.6 Å². The predicted molar refractivity (Wildman–Crippen MR) is 91.3 cm³/mol. The number of nitrogens with one attached hydrogen (secondary N) is 1. The molecule has 0 saturated carbocycles. The Morgan fingerprint density at radius 3 is 2.71 bits per heavy atom. The summed E-state index contributed by atoms with van der Waals surface area (Å²) in [6.07, 6.45) is 2.65. The van der Waals surface area contributed by atoms with Gasteiger partial charge >= 0.3 is 0 Å². The number of fused-ring (bicyclic) bond motifs is 1. The van der Waals surface area contributed by atoms with Gasteiger partial charge < -0.3 is 5.32 Å². The lowest BCUT2D eigenvalue weighted by molar-refractivity contribution is 0.102. The topological polar surface area (TPSA) is 66.5 Å². The van der Waals surface area contributed by atoms with Gasteiger partial charge in [0.1, 0.15) is 5.82 Å². The van der Waals surface area contributed by atoms with E-state index >= 15 is 0 Å². The molecular weight excluding hydrogens is 331 g/mol. The van der Waals surface area contributed by atoms with Crippen molar-refractivity contribution in [3.63, 3.8) is 0 Å². The summed E-state index contributed by atoms with van der Waals surface area (Å²) in [7, 11) is -3.32. The second kappa shape index (κ2) is 6.24. The van der Waals surface area contributed by atoms with Crippen LogP contribution in [0.5, 0.6) is 0 Å². The van der Waals surface area contributed by atoms with Crippen LogP contribution in [0.3, 0.4) is 0 Å². The largest absolute Gasteiger partial charge is 0.322 e. The molecule has 0 saturated heterocycles. The van der Waals surface area contributed by atoms with Gasteiger partial charge in [-0.3, -0.25) is 9.10 Å². The monoisotopic (exact) mass is 348 g/mol. The lowest BCUT2D eigenvalue weighted by Gasteiger charge is -2.29. The molecule has 0 radical (unpaired) electrons. The summed E-state index contributed by atoms with van der Waals surface area (Å²) in [6.45, 7) is 0.459. The van der Waals surface area contributed by atoms with E-state index in [-0.39, 0.29) is 5.56 Å². The Kier molecular flexibility index (Phi) is 4.28. The first-order valence-electron chi connectivity index (χ1n) is 7.52. The van der Waals surface area contributed by atoms with Gasteiger partial charge in [0, 0.05) is 17.8 Å². The Morgan fingerprint density at radius 1 is 1.21 bits per heavy atom. The van der Waals surface area contributed by atoms with Crippen molar-refractivity contribution in [1.29, 1.82) is 0 Å². The molecule has 1 heterocycles. The third kappa shape index (κ3) is 3.41. The average Bonchev–Trinajstić information content (AvgIpc) is 2.53. The van der Waals surface area contributed by atoms with Crippen molar-refractivity contribution >= 4 is 27.3 Å². The molecule has 3 rings (SSSR count). The zero-order valence-electron chi connectivity index (χ0n) is 13.1. The molecule has 0 spiro atoms. The molecule has 1 aliphatic rings. The highest BCUT2D eigenvalue weighted by Crippen LogP contribution is 2.31. The van der Waals surface area contributed by atoms with Crippen molar-refractivity contribution in [2.24, 2.45) is 0 Å². The van der Waals surface area contributed by atoms with Crippen molar-refractivity contribution in [2.45, 2.75) is 12.8 Å². The van der Waals surface area contributed by atoms with Gasteiger partial charge in [0.15, 0.2) is 0 Å². The number of rotatable bonds is 3. The molecule has 0 unspecified atom stereocenters. The van der Waals surface area contributed by atoms with Crippen LogP contribution >= 0.6 is 0 Å². The number of carbonyl (C=O) groups excluding carboxylic acids is 1. The Hall–Kier alpha value is -2.41. The molecule has 126 valence electrons. The number of sulfonamides is 1. The van der Waals surface area contributed by atoms with Gasteiger partial charge in [-0.2, -0.15) is 0 Å². The minimum absolute atomic E-state index is 0.227. The van der Waals surface area contributed by atoms with Crippen LogP contribution < -0.4 is 9.62 Å². The standard InChI is InChI=1S/C17H17FN2O3S/c1-24(22,23)20-9-3-5-12-11-15(7-8-16(12)20)19-17(21)13-4-2-6-14(18)10-13/h2,4,6-8,10-11H,3,5,9H2,1H3,(H,19,21). The van der Waals surface area contributed by atoms with Crippen LogP contribution in [-0.2, 0) is 16.4 Å². The van der Waals surface area contributed by atoms with E-state index in [0.717, 1.165) is 18.4 Å². The Morgan fingerprint density at radius 2 is 2.00 bits per heavy atom. The highest BCUT2D eigenvalue weighted by molar-refractivity contribution is 7.92. The fourth-order valence-electron chi connectivity index (χ4n) is 2.82. The molecule has 1 amide bonds. The van der Waals surface area contributed by atoms with E-state index in [4.69, 9.17) is 0 Å². The number of hydrogen-bond acceptors (Lipinski definition) is 3. The van der Waals surface area contributed by atoms with Gasteiger partial charge in [0.05, 0.1) is 11.9 Å². The molecule has 2 aromatic rings. The molecule has 0 aliphatic carbocycles. The van der Waals surface area contributed by atoms with E-state index < -0.39 is 21.7 Å². The Labute approximate surface area is 140 Å². The second-order valence-corrected chi connectivity index (χ2v) is 7.65. The maximum atomic E-state index is 13.2. The first-order valence-corrected chi connectivity index (χ1v) is 9.37. The summed E-state index contributed by atoms with van der Waals surface area (Å²) in [5, 5.41) is 2.72. The van der Waals surface area contributed by atoms with Gasteiger partial charge in [-0.1, -0.05) is 6.07 Å². The summed E-state index contributed by atoms with van der Waals surface area (Å²) in [6, 6.07) is 10.6. The molecule has 1 aliphatic heterocycles. The van der Waals surface area contributed by atoms with Crippen molar-refractivity contribution in [3.05, 3.63) is 59.4 Å². The van der Waals surface area contributed by atoms with Crippen LogP contribution in [0.25, 0.3) is 0 Å². The quantitative estimate of drug-likeness (QED) is 0.927. The van der Waals surface area contributed by atoms with Crippen LogP contribution in [0.4, 0.5) is 15.8 Å². The van der Waals surface area contributed by atoms with E-state index in [2.05, 4.69) is 5.32 Å². The Balaban J connectivity index is 1.85. The summed E-state index contributed by atoms with van der Waals surface area (Å²) in [5.41, 5.74) is 2.29. The Bertz CT molecular complexity index is 896. The van der Waals surface area contributed by atoms with Gasteiger partial charge in [-0.05, 0) is 54.8 Å². The molecule has 2 aromatic carbocycles. The lowest BCUT2D eigenvalue weighted by atomic mass is 10.0. The summed E-state index contributed by atoms with van der Waals surface area (Å²) in [5.74, 6) is -0.887. The van der Waals surface area contributed by atoms with E-state index in [0.29, 0.717) is 17.9 Å². The minimum Gasteiger partial charge on any atom is -0.322 e. The molecule has 1 N–H and O–H groups in total. The predicted octanol–water partition coefficient (Wildman–Crippen LogP) is 2.79. The number of hydrogen-bond donors (Lipinski definition) is 1. The normalized spacial score (nSPS) is 14.2. The zero-order chi connectivity index (χ0) is 17.3. The highest BCUT2D eigenvalue weighted by Gasteiger charge is 2.24. The number of amides is 1. The summed E-state index contributed by atoms with van der Waals surface area (Å²) < 4.78 is 38.3. The highest BCUT2D eigenvalue weighted by atomic mass is 32.2. The van der Waals surface area contributed by atoms with E-state index in [1.54, 1.807) is 18.2 Å². The first-order chi connectivity index (χ1) is 11.3. The van der Waals surface area contributed by atoms with Crippen LogP contribution in [0.1, 0.15) is 22.3 Å². The maximum absolute atomic E-state index is 13.2. The summed E-state index contributed by atoms with van der Waals surface area (Å²) in [4.78, 5) is 12.2. The van der Waals surface area contributed by atoms with E-state index in [1.807, 2.05) is 0 Å². The van der Waals surface area contributed by atoms with Crippen molar-refractivity contribution in [3.8, 4) is 0 Å². The van der Waals surface area contributed by atoms with E-state index in [1.165, 1.54) is 34.8 Å². The molecule has 0 atom stereocenters. The van der Waals surface area contributed by atoms with Gasteiger partial charge in [-0.15, -0.1) is 0 Å². The van der Waals surface area contributed by atoms with Crippen LogP contribution in [0.15, 0.2) is 42.5 Å². The van der Waals surface area contributed by atoms with Gasteiger partial charge in [0.25, 0.3) is 5.91 Å². The fourth-order valence-corrected chi connectivity index (χ4v) is 3.81. The third-order valence-electron chi connectivity index (χ3n) is 3.90. The van der Waals surface area contributed by atoms with Gasteiger partial charge in [-0.25, -0.2) is 12.8 Å². The fraction of sp³-hybridized carbons (Fsp3) is 0.235. The second-order valence-electron chi connectivity index (χ2n) is 5.75. The van der Waals surface area contributed by atoms with Crippen molar-refractivity contribution in [1.82, 2.24) is 0 Å². The number of nitrogens with zero attached hydrogens (tertiary/aromatic N) is 1. The number of aryl methyl sites for hydroxylation is 1. The average molecular weight is 348 g/mol. The van der Waals surface area contributed by atoms with Crippen LogP contribution in [-0.4, -0.2) is 27.1 Å². The lowest BCUT2D eigenvalue weighted by Crippen LogP contribution is -2.34. The van der Waals surface area contributed by atoms with E-state index in [9.17, 15) is 17.6 Å². The number of anilines is 2. The third-order valence-corrected chi connectivity index (χ3v) is 5.08. The molecular formula is C17H17FN2O3S. The van der Waals surface area contributed by atoms with Crippen molar-refractivity contribution in [2.75, 3.05) is 22.4 Å². The molecule has 0 aromatic heterocycles. The molecule has 7 heteroatoms. The first kappa shape index (κ1) is 16.4. The molecule has 5 nitrogen and oxygen atoms in total. The van der Waals surface area contributed by atoms with Crippen LogP contribution in [0.2, 0.25) is 0 Å². The molecule has 24 heavy (non-hydrogen) atoms. The van der Waals surface area contributed by atoms with Gasteiger partial charge in [0.2, 0.25) is 10.0 Å². The van der Waals surface area contributed by atoms with Crippen LogP contribution in [0, 0.1) is 5.82 Å². The smallest absolute Gasteiger partial charge is 0.255 e. The zero-order valence-corrected chi connectivity index (χ0v) is 13.9. The number of carbonyl (C=O) groups is 1. The SMILES string of the molecule is CS(=O)(=O)N1CCCc2cc(NC(=O)c3cccc(F)c3)ccc21. The maximum Gasteiger partial charge on any atom is 0.255 e. The summed E-state index contributed by atoms with van der Waals surface area (Å²) >= 11 is 0. The number of benzene rings is 2. The molecule has 0 bridgehead atoms.